The van der Waals surface area contributed by atoms with E-state index in [2.05, 4.69) is 25.8 Å². The molecule has 1 fully saturated rings. The van der Waals surface area contributed by atoms with E-state index < -0.39 is 40.2 Å². The van der Waals surface area contributed by atoms with Gasteiger partial charge in [0.25, 0.3) is 11.5 Å². The van der Waals surface area contributed by atoms with Gasteiger partial charge in [0.15, 0.2) is 5.69 Å². The van der Waals surface area contributed by atoms with E-state index in [-0.39, 0.29) is 30.2 Å². The molecule has 2 aromatic heterocycles. The summed E-state index contributed by atoms with van der Waals surface area (Å²) in [6, 6.07) is 5.34. The van der Waals surface area contributed by atoms with E-state index in [1.807, 2.05) is 0 Å². The van der Waals surface area contributed by atoms with E-state index in [4.69, 9.17) is 4.42 Å². The van der Waals surface area contributed by atoms with Crippen LogP contribution in [0.2, 0.25) is 0 Å². The predicted molar refractivity (Wildman–Crippen MR) is 113 cm³/mol. The molecule has 0 radical (unpaired) electrons. The number of halogens is 1. The van der Waals surface area contributed by atoms with Crippen molar-refractivity contribution >= 4 is 11.8 Å². The molecular weight excluding hydrogens is 447 g/mol. The summed E-state index contributed by atoms with van der Waals surface area (Å²) in [7, 11) is 0. The summed E-state index contributed by atoms with van der Waals surface area (Å²) in [5, 5.41) is 23.4. The number of carbonyl (C=O) groups excluding carboxylic acids is 2. The Morgan fingerprint density at radius 3 is 2.56 bits per heavy atom. The summed E-state index contributed by atoms with van der Waals surface area (Å²) in [6.07, 6.45) is 2.16. The van der Waals surface area contributed by atoms with E-state index in [0.29, 0.717) is 31.2 Å². The van der Waals surface area contributed by atoms with Crippen LogP contribution in [0.25, 0.3) is 0 Å². The zero-order chi connectivity index (χ0) is 24.0. The Hall–Kier alpha value is -4.09. The van der Waals surface area contributed by atoms with Gasteiger partial charge in [0.2, 0.25) is 11.6 Å². The normalized spacial score (nSPS) is 20.6. The average molecular weight is 468 g/mol. The van der Waals surface area contributed by atoms with Crippen molar-refractivity contribution in [2.75, 3.05) is 0 Å². The van der Waals surface area contributed by atoms with Gasteiger partial charge in [-0.05, 0) is 43.4 Å². The van der Waals surface area contributed by atoms with Crippen molar-refractivity contribution in [3.8, 4) is 5.75 Å². The maximum absolute atomic E-state index is 13.1. The molecule has 3 aromatic rings. The molecule has 12 heteroatoms. The van der Waals surface area contributed by atoms with Gasteiger partial charge in [-0.25, -0.2) is 9.37 Å². The molecule has 3 aliphatic rings. The second-order valence-electron chi connectivity index (χ2n) is 8.51. The van der Waals surface area contributed by atoms with E-state index in [1.165, 1.54) is 28.8 Å². The van der Waals surface area contributed by atoms with E-state index in [9.17, 15) is 23.9 Å². The first-order chi connectivity index (χ1) is 16.3. The van der Waals surface area contributed by atoms with Gasteiger partial charge in [-0.15, -0.1) is 10.2 Å². The monoisotopic (exact) mass is 468 g/mol. The number of rotatable bonds is 5. The minimum Gasteiger partial charge on any atom is -0.501 e. The quantitative estimate of drug-likeness (QED) is 0.509. The maximum atomic E-state index is 13.1. The van der Waals surface area contributed by atoms with E-state index in [1.54, 1.807) is 6.92 Å². The molecule has 34 heavy (non-hydrogen) atoms. The number of hydrogen-bond acceptors (Lipinski definition) is 8. The first kappa shape index (κ1) is 21.7. The highest BCUT2D eigenvalue weighted by molar-refractivity contribution is 5.94. The molecule has 4 heterocycles. The van der Waals surface area contributed by atoms with Crippen molar-refractivity contribution in [1.82, 2.24) is 30.4 Å². The lowest BCUT2D eigenvalue weighted by molar-refractivity contribution is 0.0711. The van der Waals surface area contributed by atoms with E-state index >= 15 is 0 Å². The fraction of sp³-hybridized carbons (Fsp3) is 0.364. The van der Waals surface area contributed by atoms with Gasteiger partial charge < -0.3 is 20.2 Å². The van der Waals surface area contributed by atoms with Crippen molar-refractivity contribution in [2.45, 2.75) is 50.7 Å². The molecule has 2 bridgehead atoms. The Bertz CT molecular complexity index is 1340. The van der Waals surface area contributed by atoms with Gasteiger partial charge in [-0.1, -0.05) is 12.1 Å². The highest BCUT2D eigenvalue weighted by Crippen LogP contribution is 2.46. The molecule has 0 atom stereocenters. The fourth-order valence-corrected chi connectivity index (χ4v) is 4.64. The molecular formula is C22H21FN6O5. The van der Waals surface area contributed by atoms with Crippen molar-refractivity contribution in [2.24, 2.45) is 0 Å². The number of carbonyl (C=O) groups is 2. The van der Waals surface area contributed by atoms with Gasteiger partial charge in [0.05, 0.1) is 5.54 Å². The third kappa shape index (κ3) is 3.60. The van der Waals surface area contributed by atoms with Gasteiger partial charge in [-0.3, -0.25) is 19.0 Å². The summed E-state index contributed by atoms with van der Waals surface area (Å²) in [6.45, 7) is 1.60. The second-order valence-corrected chi connectivity index (χ2v) is 8.51. The summed E-state index contributed by atoms with van der Waals surface area (Å²) >= 11 is 0. The smallest absolute Gasteiger partial charge is 0.309 e. The third-order valence-corrected chi connectivity index (χ3v) is 6.35. The molecule has 6 rings (SSSR count). The molecule has 0 saturated heterocycles. The summed E-state index contributed by atoms with van der Waals surface area (Å²) < 4.78 is 19.7. The van der Waals surface area contributed by atoms with Gasteiger partial charge in [0.1, 0.15) is 11.6 Å². The average Bonchev–Trinajstić information content (AvgIpc) is 3.27. The lowest BCUT2D eigenvalue weighted by Gasteiger charge is -2.47. The topological polar surface area (TPSA) is 152 Å². The van der Waals surface area contributed by atoms with Crippen LogP contribution in [-0.4, -0.2) is 36.7 Å². The number of amides is 2. The predicted octanol–water partition coefficient (Wildman–Crippen LogP) is 1.46. The van der Waals surface area contributed by atoms with Crippen LogP contribution in [0, 0.1) is 12.7 Å². The molecule has 11 nitrogen and oxygen atoms in total. The van der Waals surface area contributed by atoms with Crippen LogP contribution in [0.5, 0.6) is 5.75 Å². The zero-order valence-corrected chi connectivity index (χ0v) is 18.2. The van der Waals surface area contributed by atoms with Crippen LogP contribution < -0.4 is 16.2 Å². The van der Waals surface area contributed by atoms with Crippen molar-refractivity contribution in [3.05, 3.63) is 69.3 Å². The maximum Gasteiger partial charge on any atom is 0.309 e. The second kappa shape index (κ2) is 8.04. The first-order valence-corrected chi connectivity index (χ1v) is 10.8. The van der Waals surface area contributed by atoms with Crippen LogP contribution in [0.3, 0.4) is 0 Å². The van der Waals surface area contributed by atoms with Crippen LogP contribution >= 0.6 is 0 Å². The SMILES string of the molecule is Cc1nnc(C(=O)NC23CCC(CC2)n2c3nc(C(=O)NCc3ccc(F)cc3)c(O)c2=O)o1. The standard InChI is InChI=1S/C22H21FN6O5/c1-11-27-28-19(34-11)18(32)26-22-8-6-14(7-9-22)29-20(33)16(30)15(25-21(22)29)17(31)24-10-12-2-4-13(23)5-3-12/h2-5,14,30H,6-10H2,1H3,(H,24,31)(H,26,32). The van der Waals surface area contributed by atoms with Crippen LogP contribution in [0.15, 0.2) is 33.5 Å². The van der Waals surface area contributed by atoms with Crippen LogP contribution in [0.4, 0.5) is 4.39 Å². The van der Waals surface area contributed by atoms with Crippen LogP contribution in [0.1, 0.15) is 70.2 Å². The Labute approximate surface area is 192 Å². The Morgan fingerprint density at radius 1 is 1.21 bits per heavy atom. The molecule has 176 valence electrons. The molecule has 1 aromatic carbocycles. The number of nitrogens with zero attached hydrogens (tertiary/aromatic N) is 4. The third-order valence-electron chi connectivity index (χ3n) is 6.35. The molecule has 2 aliphatic heterocycles. The number of hydrogen-bond donors (Lipinski definition) is 3. The molecule has 2 amide bonds. The lowest BCUT2D eigenvalue weighted by atomic mass is 9.74. The minimum atomic E-state index is -1.03. The molecule has 1 saturated carbocycles. The highest BCUT2D eigenvalue weighted by atomic mass is 19.1. The molecule has 1 aliphatic carbocycles. The number of nitrogens with one attached hydrogen (secondary N) is 2. The molecule has 3 N–H and O–H groups in total. The number of benzene rings is 1. The van der Waals surface area contributed by atoms with Crippen molar-refractivity contribution < 1.29 is 23.5 Å². The zero-order valence-electron chi connectivity index (χ0n) is 18.2. The summed E-state index contributed by atoms with van der Waals surface area (Å²) in [4.78, 5) is 43.0. The minimum absolute atomic E-state index is 0.0413. The summed E-state index contributed by atoms with van der Waals surface area (Å²) in [5.74, 6) is -2.33. The Balaban J connectivity index is 1.48. The number of aromatic nitrogens is 4. The highest BCUT2D eigenvalue weighted by Gasteiger charge is 2.49. The fourth-order valence-electron chi connectivity index (χ4n) is 4.64. The first-order valence-electron chi connectivity index (χ1n) is 10.8. The van der Waals surface area contributed by atoms with Crippen LogP contribution in [-0.2, 0) is 12.1 Å². The molecule has 0 unspecified atom stereocenters. The molecule has 0 spiro atoms. The Kier molecular flexibility index (Phi) is 5.14. The van der Waals surface area contributed by atoms with Crippen molar-refractivity contribution in [1.29, 1.82) is 0 Å². The largest absolute Gasteiger partial charge is 0.501 e. The number of fused-ring (bicyclic) bond motifs is 2. The van der Waals surface area contributed by atoms with Gasteiger partial charge in [0, 0.05) is 19.5 Å². The Morgan fingerprint density at radius 2 is 1.91 bits per heavy atom. The van der Waals surface area contributed by atoms with E-state index in [0.717, 1.165) is 0 Å². The van der Waals surface area contributed by atoms with Crippen molar-refractivity contribution in [3.63, 3.8) is 0 Å². The number of aromatic hydroxyl groups is 1. The van der Waals surface area contributed by atoms with Gasteiger partial charge in [-0.2, -0.15) is 0 Å². The van der Waals surface area contributed by atoms with Gasteiger partial charge >= 0.3 is 11.8 Å². The summed E-state index contributed by atoms with van der Waals surface area (Å²) in [5.41, 5.74) is -1.59. The number of aryl methyl sites for hydroxylation is 1. The lowest BCUT2D eigenvalue weighted by Crippen LogP contribution is -2.57.